The maximum Gasteiger partial charge on any atom is 0.257 e. The van der Waals surface area contributed by atoms with Gasteiger partial charge >= 0.3 is 0 Å². The monoisotopic (exact) mass is 455 g/mol. The molecule has 3 amide bonds. The molecule has 0 aliphatic carbocycles. The van der Waals surface area contributed by atoms with E-state index in [4.69, 9.17) is 0 Å². The fraction of sp³-hybridized carbons (Fsp3) is 0.318. The first kappa shape index (κ1) is 19.6. The number of nitrogens with zero attached hydrogens (tertiary/aromatic N) is 2. The molecule has 29 heavy (non-hydrogen) atoms. The van der Waals surface area contributed by atoms with Gasteiger partial charge < -0.3 is 10.2 Å². The van der Waals surface area contributed by atoms with Crippen LogP contribution in [0.1, 0.15) is 42.1 Å². The van der Waals surface area contributed by atoms with Gasteiger partial charge in [0.1, 0.15) is 5.66 Å². The van der Waals surface area contributed by atoms with Crippen molar-refractivity contribution in [3.8, 4) is 0 Å². The lowest BCUT2D eigenvalue weighted by Crippen LogP contribution is -2.62. The van der Waals surface area contributed by atoms with E-state index in [1.165, 1.54) is 0 Å². The number of amides is 3. The Bertz CT molecular complexity index is 1020. The van der Waals surface area contributed by atoms with Crippen molar-refractivity contribution in [1.29, 1.82) is 0 Å². The van der Waals surface area contributed by atoms with E-state index in [-0.39, 0.29) is 30.7 Å². The van der Waals surface area contributed by atoms with Crippen LogP contribution in [0.5, 0.6) is 0 Å². The first-order chi connectivity index (χ1) is 13.8. The smallest absolute Gasteiger partial charge is 0.257 e. The molecule has 1 saturated heterocycles. The number of rotatable bonds is 4. The molecule has 0 bridgehead atoms. The summed E-state index contributed by atoms with van der Waals surface area (Å²) in [5.41, 5.74) is 2.13. The molecule has 4 rings (SSSR count). The number of para-hydroxylation sites is 1. The third-order valence-electron chi connectivity index (χ3n) is 5.77. The average molecular weight is 456 g/mol. The second-order valence-electron chi connectivity index (χ2n) is 7.68. The van der Waals surface area contributed by atoms with E-state index in [0.29, 0.717) is 24.1 Å². The molecule has 6 nitrogen and oxygen atoms in total. The molecule has 1 unspecified atom stereocenters. The van der Waals surface area contributed by atoms with Crippen LogP contribution in [-0.4, -0.2) is 34.8 Å². The lowest BCUT2D eigenvalue weighted by atomic mass is 9.98. The highest BCUT2D eigenvalue weighted by molar-refractivity contribution is 9.10. The van der Waals surface area contributed by atoms with Crippen LogP contribution >= 0.6 is 15.9 Å². The summed E-state index contributed by atoms with van der Waals surface area (Å²) in [5, 5.41) is 2.91. The zero-order valence-corrected chi connectivity index (χ0v) is 18.0. The van der Waals surface area contributed by atoms with Gasteiger partial charge in [-0.2, -0.15) is 0 Å². The van der Waals surface area contributed by atoms with Gasteiger partial charge in [-0.3, -0.25) is 19.3 Å². The van der Waals surface area contributed by atoms with Crippen LogP contribution in [0.15, 0.2) is 46.9 Å². The molecule has 7 heteroatoms. The highest BCUT2D eigenvalue weighted by atomic mass is 79.9. The normalized spacial score (nSPS) is 20.5. The largest absolute Gasteiger partial charge is 0.326 e. The van der Waals surface area contributed by atoms with Crippen molar-refractivity contribution in [2.45, 2.75) is 38.8 Å². The summed E-state index contributed by atoms with van der Waals surface area (Å²) in [6.07, 6.45) is 1.10. The molecule has 0 saturated carbocycles. The lowest BCUT2D eigenvalue weighted by Gasteiger charge is -2.48. The zero-order valence-electron chi connectivity index (χ0n) is 16.4. The minimum Gasteiger partial charge on any atom is -0.326 e. The molecule has 0 radical (unpaired) electrons. The summed E-state index contributed by atoms with van der Waals surface area (Å²) in [7, 11) is 0. The maximum atomic E-state index is 13.2. The van der Waals surface area contributed by atoms with E-state index in [2.05, 4.69) is 21.2 Å². The average Bonchev–Trinajstić information content (AvgIpc) is 2.99. The highest BCUT2D eigenvalue weighted by Gasteiger charge is 2.52. The van der Waals surface area contributed by atoms with Gasteiger partial charge in [-0.15, -0.1) is 0 Å². The quantitative estimate of drug-likeness (QED) is 0.754. The number of carbonyl (C=O) groups excluding carboxylic acids is 3. The summed E-state index contributed by atoms with van der Waals surface area (Å²) in [4.78, 5) is 41.7. The Balaban J connectivity index is 1.54. The van der Waals surface area contributed by atoms with Gasteiger partial charge in [-0.05, 0) is 56.2 Å². The number of benzene rings is 2. The van der Waals surface area contributed by atoms with Crippen LogP contribution in [-0.2, 0) is 9.59 Å². The molecule has 2 aromatic rings. The number of carbonyl (C=O) groups is 3. The third kappa shape index (κ3) is 3.33. The second-order valence-corrected chi connectivity index (χ2v) is 8.59. The molecule has 2 heterocycles. The fourth-order valence-corrected chi connectivity index (χ4v) is 4.71. The standard InChI is InChI=1S/C22H22BrN3O3/c1-14-13-15(23)7-8-17(14)24-19(27)10-12-25-21(29)16-5-3-4-6-18(16)26-20(28)9-11-22(25,26)2/h3-8,13H,9-12H2,1-2H3,(H,24,27). The Morgan fingerprint density at radius 3 is 2.72 bits per heavy atom. The topological polar surface area (TPSA) is 69.7 Å². The van der Waals surface area contributed by atoms with Crippen molar-refractivity contribution in [3.05, 3.63) is 58.1 Å². The molecule has 0 spiro atoms. The molecular formula is C22H22BrN3O3. The lowest BCUT2D eigenvalue weighted by molar-refractivity contribution is -0.117. The van der Waals surface area contributed by atoms with E-state index in [0.717, 1.165) is 15.7 Å². The minimum atomic E-state index is -0.740. The van der Waals surface area contributed by atoms with E-state index in [9.17, 15) is 14.4 Å². The Morgan fingerprint density at radius 2 is 1.97 bits per heavy atom. The minimum absolute atomic E-state index is 0.00684. The van der Waals surface area contributed by atoms with Crippen molar-refractivity contribution in [1.82, 2.24) is 4.90 Å². The van der Waals surface area contributed by atoms with Crippen molar-refractivity contribution in [2.24, 2.45) is 0 Å². The number of fused-ring (bicyclic) bond motifs is 3. The Morgan fingerprint density at radius 1 is 1.21 bits per heavy atom. The van der Waals surface area contributed by atoms with Crippen molar-refractivity contribution in [2.75, 3.05) is 16.8 Å². The predicted octanol–water partition coefficient (Wildman–Crippen LogP) is 4.09. The maximum absolute atomic E-state index is 13.2. The zero-order chi connectivity index (χ0) is 20.8. The summed E-state index contributed by atoms with van der Waals surface area (Å²) < 4.78 is 0.949. The van der Waals surface area contributed by atoms with Crippen molar-refractivity contribution >= 4 is 45.0 Å². The predicted molar refractivity (Wildman–Crippen MR) is 115 cm³/mol. The number of aryl methyl sites for hydroxylation is 1. The number of anilines is 2. The Kier molecular flexibility index (Phi) is 4.94. The van der Waals surface area contributed by atoms with Gasteiger partial charge in [0.15, 0.2) is 0 Å². The van der Waals surface area contributed by atoms with E-state index in [1.54, 1.807) is 21.9 Å². The molecule has 1 fully saturated rings. The molecule has 1 atom stereocenters. The molecule has 2 aromatic carbocycles. The van der Waals surface area contributed by atoms with E-state index in [1.807, 2.05) is 44.2 Å². The molecule has 2 aliphatic rings. The van der Waals surface area contributed by atoms with Gasteiger partial charge in [-0.25, -0.2) is 0 Å². The first-order valence-corrected chi connectivity index (χ1v) is 10.4. The van der Waals surface area contributed by atoms with Crippen LogP contribution in [0.25, 0.3) is 0 Å². The molecule has 2 aliphatic heterocycles. The van der Waals surface area contributed by atoms with Gasteiger partial charge in [0.25, 0.3) is 5.91 Å². The summed E-state index contributed by atoms with van der Waals surface area (Å²) >= 11 is 3.41. The van der Waals surface area contributed by atoms with Crippen LogP contribution in [0.2, 0.25) is 0 Å². The number of hydrogen-bond donors (Lipinski definition) is 1. The summed E-state index contributed by atoms with van der Waals surface area (Å²) in [6.45, 7) is 4.08. The molecule has 150 valence electrons. The molecular weight excluding hydrogens is 434 g/mol. The number of nitrogens with one attached hydrogen (secondary N) is 1. The highest BCUT2D eigenvalue weighted by Crippen LogP contribution is 2.43. The Labute approximate surface area is 178 Å². The van der Waals surface area contributed by atoms with Crippen LogP contribution in [0.4, 0.5) is 11.4 Å². The SMILES string of the molecule is Cc1cc(Br)ccc1NC(=O)CCN1C(=O)c2ccccc2N2C(=O)CCC12C. The van der Waals surface area contributed by atoms with Crippen molar-refractivity contribution < 1.29 is 14.4 Å². The van der Waals surface area contributed by atoms with Gasteiger partial charge in [0.05, 0.1) is 11.3 Å². The van der Waals surface area contributed by atoms with Crippen LogP contribution < -0.4 is 10.2 Å². The van der Waals surface area contributed by atoms with Crippen molar-refractivity contribution in [3.63, 3.8) is 0 Å². The first-order valence-electron chi connectivity index (χ1n) is 9.61. The van der Waals surface area contributed by atoms with E-state index < -0.39 is 5.66 Å². The van der Waals surface area contributed by atoms with E-state index >= 15 is 0 Å². The van der Waals surface area contributed by atoms with Crippen LogP contribution in [0, 0.1) is 6.92 Å². The summed E-state index contributed by atoms with van der Waals surface area (Å²) in [5.74, 6) is -0.296. The fourth-order valence-electron chi connectivity index (χ4n) is 4.23. The Hall–Kier alpha value is -2.67. The third-order valence-corrected chi connectivity index (χ3v) is 6.26. The second kappa shape index (κ2) is 7.30. The number of hydrogen-bond acceptors (Lipinski definition) is 3. The number of halogens is 1. The molecule has 0 aromatic heterocycles. The van der Waals surface area contributed by atoms with Gasteiger partial charge in [-0.1, -0.05) is 28.1 Å². The van der Waals surface area contributed by atoms with Gasteiger partial charge in [0.2, 0.25) is 11.8 Å². The summed E-state index contributed by atoms with van der Waals surface area (Å²) in [6, 6.07) is 12.8. The van der Waals surface area contributed by atoms with Gasteiger partial charge in [0, 0.05) is 29.5 Å². The van der Waals surface area contributed by atoms with Crippen LogP contribution in [0.3, 0.4) is 0 Å². The molecule has 1 N–H and O–H groups in total.